The Balaban J connectivity index is 1.53. The second-order valence-electron chi connectivity index (χ2n) is 9.51. The van der Waals surface area contributed by atoms with Crippen LogP contribution in [-0.2, 0) is 39.1 Å². The van der Waals surface area contributed by atoms with Gasteiger partial charge in [-0.3, -0.25) is 9.59 Å². The molecule has 1 aromatic heterocycles. The first kappa shape index (κ1) is 30.1. The number of imidazole rings is 1. The number of sulfonamides is 1. The molecule has 2 amide bonds. The van der Waals surface area contributed by atoms with Crippen molar-refractivity contribution in [1.29, 1.82) is 0 Å². The summed E-state index contributed by atoms with van der Waals surface area (Å²) >= 11 is 0. The molecule has 4 rings (SSSR count). The molecule has 2 heterocycles. The van der Waals surface area contributed by atoms with Crippen LogP contribution >= 0.6 is 0 Å². The van der Waals surface area contributed by atoms with E-state index in [1.54, 1.807) is 10.8 Å². The van der Waals surface area contributed by atoms with Crippen molar-refractivity contribution in [2.45, 2.75) is 50.2 Å². The number of hydrogen-bond donors (Lipinski definition) is 1. The molecule has 0 saturated carbocycles. The lowest BCUT2D eigenvalue weighted by molar-refractivity contribution is -0.274. The molecule has 1 N–H and O–H groups in total. The molecular weight excluding hydrogens is 563 g/mol. The van der Waals surface area contributed by atoms with Gasteiger partial charge < -0.3 is 19.5 Å². The van der Waals surface area contributed by atoms with Gasteiger partial charge in [0.25, 0.3) is 0 Å². The van der Waals surface area contributed by atoms with E-state index in [-0.39, 0.29) is 43.5 Å². The molecule has 41 heavy (non-hydrogen) atoms. The zero-order valence-corrected chi connectivity index (χ0v) is 23.1. The minimum Gasteiger partial charge on any atom is -0.406 e. The fourth-order valence-corrected chi connectivity index (χ4v) is 6.07. The third-order valence-electron chi connectivity index (χ3n) is 6.56. The fourth-order valence-electron chi connectivity index (χ4n) is 4.50. The number of amides is 2. The highest BCUT2D eigenvalue weighted by molar-refractivity contribution is 7.89. The zero-order valence-electron chi connectivity index (χ0n) is 22.3. The summed E-state index contributed by atoms with van der Waals surface area (Å²) in [6.45, 7) is 1.80. The standard InChI is InChI=1S/C27H30F3N5O5S/c1-2-3-20-4-6-21(7-5-20)16-32-26(37)24-17-34(25(36)18-33-13-12-31-19-33)14-15-35(24)41(38,39)23-10-8-22(9-11-23)40-27(28,29)30/h4-13,19,24H,2-3,14-18H2,1H3,(H,32,37)/t24-/m1/s1. The summed E-state index contributed by atoms with van der Waals surface area (Å²) in [5.41, 5.74) is 1.97. The Morgan fingerprint density at radius 3 is 2.34 bits per heavy atom. The molecule has 0 spiro atoms. The second kappa shape index (κ2) is 12.7. The average molecular weight is 594 g/mol. The molecule has 0 radical (unpaired) electrons. The van der Waals surface area contributed by atoms with E-state index in [0.717, 1.165) is 52.5 Å². The van der Waals surface area contributed by atoms with Gasteiger partial charge in [0.05, 0.1) is 11.2 Å². The van der Waals surface area contributed by atoms with Crippen molar-refractivity contribution in [3.8, 4) is 5.75 Å². The van der Waals surface area contributed by atoms with Crippen LogP contribution < -0.4 is 10.1 Å². The Kier molecular flexibility index (Phi) is 9.33. The first-order valence-electron chi connectivity index (χ1n) is 12.9. The fraction of sp³-hybridized carbons (Fsp3) is 0.370. The monoisotopic (exact) mass is 593 g/mol. The van der Waals surface area contributed by atoms with Crippen LogP contribution in [-0.4, -0.2) is 71.0 Å². The summed E-state index contributed by atoms with van der Waals surface area (Å²) in [5.74, 6) is -1.51. The molecule has 1 aliphatic heterocycles. The molecule has 0 bridgehead atoms. The Morgan fingerprint density at radius 2 is 1.73 bits per heavy atom. The van der Waals surface area contributed by atoms with Crippen LogP contribution in [0.5, 0.6) is 5.75 Å². The largest absolute Gasteiger partial charge is 0.573 e. The molecule has 1 saturated heterocycles. The summed E-state index contributed by atoms with van der Waals surface area (Å²) < 4.78 is 71.2. The van der Waals surface area contributed by atoms with Crippen molar-refractivity contribution in [2.75, 3.05) is 19.6 Å². The summed E-state index contributed by atoms with van der Waals surface area (Å²) in [6, 6.07) is 10.2. The minimum atomic E-state index is -4.93. The Morgan fingerprint density at radius 1 is 1.05 bits per heavy atom. The van der Waals surface area contributed by atoms with Crippen molar-refractivity contribution < 1.29 is 35.9 Å². The van der Waals surface area contributed by atoms with Gasteiger partial charge in [-0.25, -0.2) is 13.4 Å². The van der Waals surface area contributed by atoms with Gasteiger partial charge in [0.2, 0.25) is 21.8 Å². The molecule has 14 heteroatoms. The maximum atomic E-state index is 13.6. The first-order valence-corrected chi connectivity index (χ1v) is 14.4. The number of aryl methyl sites for hydroxylation is 1. The topological polar surface area (TPSA) is 114 Å². The number of rotatable bonds is 10. The van der Waals surface area contributed by atoms with Crippen molar-refractivity contribution in [3.05, 3.63) is 78.4 Å². The van der Waals surface area contributed by atoms with E-state index in [9.17, 15) is 31.2 Å². The molecule has 2 aromatic carbocycles. The van der Waals surface area contributed by atoms with Gasteiger partial charge in [-0.05, 0) is 41.8 Å². The highest BCUT2D eigenvalue weighted by Gasteiger charge is 2.41. The van der Waals surface area contributed by atoms with E-state index >= 15 is 0 Å². The van der Waals surface area contributed by atoms with Crippen molar-refractivity contribution >= 4 is 21.8 Å². The van der Waals surface area contributed by atoms with E-state index < -0.39 is 34.1 Å². The number of piperazine rings is 1. The summed E-state index contributed by atoms with van der Waals surface area (Å²) in [5, 5.41) is 2.77. The number of nitrogens with zero attached hydrogens (tertiary/aromatic N) is 4. The third kappa shape index (κ3) is 7.85. The number of ether oxygens (including phenoxy) is 1. The van der Waals surface area contributed by atoms with Gasteiger partial charge in [0, 0.05) is 38.6 Å². The lowest BCUT2D eigenvalue weighted by Gasteiger charge is -2.39. The van der Waals surface area contributed by atoms with Crippen LogP contribution in [0.2, 0.25) is 0 Å². The molecule has 1 aliphatic rings. The van der Waals surface area contributed by atoms with Crippen molar-refractivity contribution in [1.82, 2.24) is 24.1 Å². The highest BCUT2D eigenvalue weighted by Crippen LogP contribution is 2.27. The minimum absolute atomic E-state index is 0.0186. The molecule has 3 aromatic rings. The predicted octanol–water partition coefficient (Wildman–Crippen LogP) is 2.95. The van der Waals surface area contributed by atoms with E-state index in [0.29, 0.717) is 0 Å². The zero-order chi connectivity index (χ0) is 29.6. The number of aromatic nitrogens is 2. The van der Waals surface area contributed by atoms with E-state index in [4.69, 9.17) is 0 Å². The SMILES string of the molecule is CCCc1ccc(CNC(=O)[C@H]2CN(C(=O)Cn3ccnc3)CCN2S(=O)(=O)c2ccc(OC(F)(F)F)cc2)cc1. The lowest BCUT2D eigenvalue weighted by Crippen LogP contribution is -2.61. The van der Waals surface area contributed by atoms with Gasteiger partial charge in [-0.1, -0.05) is 37.6 Å². The normalized spacial score (nSPS) is 16.4. The molecule has 220 valence electrons. The number of nitrogens with one attached hydrogen (secondary N) is 1. The summed E-state index contributed by atoms with van der Waals surface area (Å²) in [4.78, 5) is 31.4. The molecule has 1 fully saturated rings. The van der Waals surface area contributed by atoms with Gasteiger partial charge in [-0.2, -0.15) is 4.31 Å². The van der Waals surface area contributed by atoms with E-state index in [1.807, 2.05) is 24.3 Å². The molecule has 0 unspecified atom stereocenters. The summed E-state index contributed by atoms with van der Waals surface area (Å²) in [6.07, 6.45) is 1.60. The predicted molar refractivity (Wildman–Crippen MR) is 142 cm³/mol. The van der Waals surface area contributed by atoms with Gasteiger partial charge in [-0.15, -0.1) is 13.2 Å². The van der Waals surface area contributed by atoms with Gasteiger partial charge >= 0.3 is 6.36 Å². The number of alkyl halides is 3. The van der Waals surface area contributed by atoms with Crippen LogP contribution in [0.25, 0.3) is 0 Å². The number of benzene rings is 2. The molecule has 0 aliphatic carbocycles. The van der Waals surface area contributed by atoms with Crippen LogP contribution in [0.1, 0.15) is 24.5 Å². The van der Waals surface area contributed by atoms with E-state index in [2.05, 4.69) is 22.0 Å². The Hall–Kier alpha value is -3.91. The van der Waals surface area contributed by atoms with E-state index in [1.165, 1.54) is 17.4 Å². The number of carbonyl (C=O) groups is 2. The molecule has 10 nitrogen and oxygen atoms in total. The van der Waals surface area contributed by atoms with Crippen LogP contribution in [0.15, 0.2) is 72.1 Å². The van der Waals surface area contributed by atoms with Crippen LogP contribution in [0.3, 0.4) is 0 Å². The maximum Gasteiger partial charge on any atom is 0.573 e. The highest BCUT2D eigenvalue weighted by atomic mass is 32.2. The number of hydrogen-bond acceptors (Lipinski definition) is 6. The van der Waals surface area contributed by atoms with Crippen LogP contribution in [0, 0.1) is 0 Å². The second-order valence-corrected chi connectivity index (χ2v) is 11.4. The number of halogens is 3. The number of carbonyl (C=O) groups excluding carboxylic acids is 2. The van der Waals surface area contributed by atoms with Gasteiger partial charge in [0.15, 0.2) is 0 Å². The quantitative estimate of drug-likeness (QED) is 0.387. The molecule has 1 atom stereocenters. The lowest BCUT2D eigenvalue weighted by atomic mass is 10.1. The van der Waals surface area contributed by atoms with Crippen molar-refractivity contribution in [2.24, 2.45) is 0 Å². The third-order valence-corrected chi connectivity index (χ3v) is 8.48. The maximum absolute atomic E-state index is 13.6. The Bertz CT molecular complexity index is 1430. The van der Waals surface area contributed by atoms with Gasteiger partial charge in [0.1, 0.15) is 18.3 Å². The molecular formula is C27H30F3N5O5S. The van der Waals surface area contributed by atoms with Crippen molar-refractivity contribution in [3.63, 3.8) is 0 Å². The Labute approximate surface area is 235 Å². The summed E-state index contributed by atoms with van der Waals surface area (Å²) in [7, 11) is -4.33. The average Bonchev–Trinajstić information content (AvgIpc) is 3.45. The smallest absolute Gasteiger partial charge is 0.406 e. The van der Waals surface area contributed by atoms with Crippen LogP contribution in [0.4, 0.5) is 13.2 Å². The first-order chi connectivity index (χ1) is 19.5.